The van der Waals surface area contributed by atoms with E-state index < -0.39 is 5.54 Å². The SMILES string of the molecule is Cc1ccc(-c2noc(C(C)(N)C3CC3)n2)cc1Br. The Kier molecular flexibility index (Phi) is 2.98. The fourth-order valence-corrected chi connectivity index (χ4v) is 2.53. The number of benzene rings is 1. The van der Waals surface area contributed by atoms with Gasteiger partial charge in [0.05, 0.1) is 5.54 Å². The molecular weight excluding hydrogens is 306 g/mol. The van der Waals surface area contributed by atoms with Crippen molar-refractivity contribution in [2.45, 2.75) is 32.2 Å². The number of halogens is 1. The van der Waals surface area contributed by atoms with Crippen LogP contribution in [0.25, 0.3) is 11.4 Å². The second-order valence-corrected chi connectivity index (χ2v) is 6.30. The lowest BCUT2D eigenvalue weighted by Gasteiger charge is -2.18. The van der Waals surface area contributed by atoms with Crippen molar-refractivity contribution in [2.75, 3.05) is 0 Å². The maximum Gasteiger partial charge on any atom is 0.247 e. The summed E-state index contributed by atoms with van der Waals surface area (Å²) < 4.78 is 6.39. The zero-order valence-corrected chi connectivity index (χ0v) is 12.6. The molecular formula is C14H16BrN3O. The molecule has 3 rings (SSSR count). The summed E-state index contributed by atoms with van der Waals surface area (Å²) in [5.41, 5.74) is 7.88. The Morgan fingerprint density at radius 1 is 1.42 bits per heavy atom. The largest absolute Gasteiger partial charge is 0.337 e. The van der Waals surface area contributed by atoms with Crippen molar-refractivity contribution >= 4 is 15.9 Å². The third kappa shape index (κ3) is 2.32. The highest BCUT2D eigenvalue weighted by Gasteiger charge is 2.43. The summed E-state index contributed by atoms with van der Waals surface area (Å²) in [6.45, 7) is 4.01. The van der Waals surface area contributed by atoms with E-state index in [1.807, 2.05) is 32.0 Å². The minimum atomic E-state index is -0.507. The van der Waals surface area contributed by atoms with E-state index >= 15 is 0 Å². The lowest BCUT2D eigenvalue weighted by atomic mass is 9.97. The maximum absolute atomic E-state index is 6.28. The number of aromatic nitrogens is 2. The first-order valence-electron chi connectivity index (χ1n) is 6.38. The smallest absolute Gasteiger partial charge is 0.247 e. The van der Waals surface area contributed by atoms with Gasteiger partial charge in [0.25, 0.3) is 0 Å². The van der Waals surface area contributed by atoms with Crippen LogP contribution in [0.2, 0.25) is 0 Å². The monoisotopic (exact) mass is 321 g/mol. The molecule has 19 heavy (non-hydrogen) atoms. The standard InChI is InChI=1S/C14H16BrN3O/c1-8-3-4-9(7-11(8)15)12-17-13(19-18-12)14(2,16)10-5-6-10/h3-4,7,10H,5-6,16H2,1-2H3. The van der Waals surface area contributed by atoms with Gasteiger partial charge in [-0.25, -0.2) is 0 Å². The van der Waals surface area contributed by atoms with E-state index in [4.69, 9.17) is 10.3 Å². The molecule has 1 saturated carbocycles. The molecule has 0 amide bonds. The van der Waals surface area contributed by atoms with Crippen molar-refractivity contribution in [3.63, 3.8) is 0 Å². The molecule has 1 aromatic heterocycles. The highest BCUT2D eigenvalue weighted by atomic mass is 79.9. The van der Waals surface area contributed by atoms with Crippen molar-refractivity contribution in [1.82, 2.24) is 10.1 Å². The van der Waals surface area contributed by atoms with Crippen LogP contribution in [0.15, 0.2) is 27.2 Å². The number of nitrogens with two attached hydrogens (primary N) is 1. The van der Waals surface area contributed by atoms with Gasteiger partial charge >= 0.3 is 0 Å². The average Bonchev–Trinajstić information content (AvgIpc) is 3.11. The van der Waals surface area contributed by atoms with Crippen molar-refractivity contribution < 1.29 is 4.52 Å². The Balaban J connectivity index is 1.94. The lowest BCUT2D eigenvalue weighted by molar-refractivity contribution is 0.273. The molecule has 2 aromatic rings. The van der Waals surface area contributed by atoms with E-state index in [1.165, 1.54) is 5.56 Å². The van der Waals surface area contributed by atoms with Crippen LogP contribution in [0.1, 0.15) is 31.2 Å². The Hall–Kier alpha value is -1.20. The molecule has 0 radical (unpaired) electrons. The van der Waals surface area contributed by atoms with Gasteiger partial charge in [-0.3, -0.25) is 0 Å². The number of rotatable bonds is 3. The molecule has 1 unspecified atom stereocenters. The van der Waals surface area contributed by atoms with Crippen LogP contribution >= 0.6 is 15.9 Å². The Morgan fingerprint density at radius 3 is 2.79 bits per heavy atom. The Bertz CT molecular complexity index is 617. The van der Waals surface area contributed by atoms with Crippen LogP contribution in [0.3, 0.4) is 0 Å². The van der Waals surface area contributed by atoms with E-state index in [9.17, 15) is 0 Å². The minimum Gasteiger partial charge on any atom is -0.337 e. The van der Waals surface area contributed by atoms with Crippen LogP contribution in [0.4, 0.5) is 0 Å². The molecule has 0 bridgehead atoms. The van der Waals surface area contributed by atoms with Crippen molar-refractivity contribution in [3.05, 3.63) is 34.1 Å². The normalized spacial score (nSPS) is 18.3. The van der Waals surface area contributed by atoms with Gasteiger partial charge in [-0.1, -0.05) is 33.2 Å². The lowest BCUT2D eigenvalue weighted by Crippen LogP contribution is -2.35. The summed E-state index contributed by atoms with van der Waals surface area (Å²) in [7, 11) is 0. The fraction of sp³-hybridized carbons (Fsp3) is 0.429. The van der Waals surface area contributed by atoms with Crippen LogP contribution in [-0.2, 0) is 5.54 Å². The molecule has 1 atom stereocenters. The first kappa shape index (κ1) is 12.8. The molecule has 0 spiro atoms. The van der Waals surface area contributed by atoms with Gasteiger partial charge in [0.15, 0.2) is 0 Å². The van der Waals surface area contributed by atoms with Gasteiger partial charge in [-0.15, -0.1) is 0 Å². The van der Waals surface area contributed by atoms with Gasteiger partial charge in [-0.2, -0.15) is 4.98 Å². The molecule has 0 saturated heterocycles. The third-order valence-electron chi connectivity index (χ3n) is 3.74. The van der Waals surface area contributed by atoms with Gasteiger partial charge in [0.2, 0.25) is 11.7 Å². The average molecular weight is 322 g/mol. The Labute approximate surface area is 120 Å². The molecule has 1 aliphatic carbocycles. The van der Waals surface area contributed by atoms with Crippen molar-refractivity contribution in [2.24, 2.45) is 11.7 Å². The van der Waals surface area contributed by atoms with Crippen molar-refractivity contribution in [1.29, 1.82) is 0 Å². The van der Waals surface area contributed by atoms with Gasteiger partial charge in [-0.05, 0) is 44.2 Å². The number of aryl methyl sites for hydroxylation is 1. The summed E-state index contributed by atoms with van der Waals surface area (Å²) >= 11 is 3.51. The van der Waals surface area contributed by atoms with Gasteiger partial charge < -0.3 is 10.3 Å². The van der Waals surface area contributed by atoms with Gasteiger partial charge in [0.1, 0.15) is 0 Å². The second kappa shape index (κ2) is 4.42. The number of hydrogen-bond acceptors (Lipinski definition) is 4. The molecule has 2 N–H and O–H groups in total. The topological polar surface area (TPSA) is 64.9 Å². The van der Waals surface area contributed by atoms with Crippen LogP contribution in [0.5, 0.6) is 0 Å². The van der Waals surface area contributed by atoms with Crippen LogP contribution < -0.4 is 5.73 Å². The summed E-state index contributed by atoms with van der Waals surface area (Å²) in [6, 6.07) is 6.01. The fourth-order valence-electron chi connectivity index (χ4n) is 2.15. The molecule has 100 valence electrons. The molecule has 1 fully saturated rings. The number of hydrogen-bond donors (Lipinski definition) is 1. The molecule has 1 aromatic carbocycles. The summed E-state index contributed by atoms with van der Waals surface area (Å²) in [6.07, 6.45) is 2.28. The van der Waals surface area contributed by atoms with Crippen LogP contribution in [0, 0.1) is 12.8 Å². The summed E-state index contributed by atoms with van der Waals surface area (Å²) in [5, 5.41) is 4.05. The van der Waals surface area contributed by atoms with E-state index in [-0.39, 0.29) is 0 Å². The zero-order chi connectivity index (χ0) is 13.6. The molecule has 1 aliphatic rings. The first-order valence-corrected chi connectivity index (χ1v) is 7.17. The van der Waals surface area contributed by atoms with E-state index in [0.717, 1.165) is 22.9 Å². The predicted octanol–water partition coefficient (Wildman–Crippen LogP) is 3.39. The van der Waals surface area contributed by atoms with E-state index in [1.54, 1.807) is 0 Å². The summed E-state index contributed by atoms with van der Waals surface area (Å²) in [4.78, 5) is 4.46. The van der Waals surface area contributed by atoms with Gasteiger partial charge in [0, 0.05) is 10.0 Å². The molecule has 5 heteroatoms. The zero-order valence-electron chi connectivity index (χ0n) is 11.0. The van der Waals surface area contributed by atoms with Crippen molar-refractivity contribution in [3.8, 4) is 11.4 Å². The van der Waals surface area contributed by atoms with E-state index in [2.05, 4.69) is 26.1 Å². The maximum atomic E-state index is 6.28. The predicted molar refractivity (Wildman–Crippen MR) is 76.4 cm³/mol. The minimum absolute atomic E-state index is 0.463. The first-order chi connectivity index (χ1) is 8.98. The highest BCUT2D eigenvalue weighted by molar-refractivity contribution is 9.10. The highest BCUT2D eigenvalue weighted by Crippen LogP contribution is 2.43. The second-order valence-electron chi connectivity index (χ2n) is 5.44. The van der Waals surface area contributed by atoms with Crippen LogP contribution in [-0.4, -0.2) is 10.1 Å². The third-order valence-corrected chi connectivity index (χ3v) is 4.60. The summed E-state index contributed by atoms with van der Waals surface area (Å²) in [5.74, 6) is 1.58. The molecule has 0 aliphatic heterocycles. The quantitative estimate of drug-likeness (QED) is 0.941. The molecule has 4 nitrogen and oxygen atoms in total. The van der Waals surface area contributed by atoms with E-state index in [0.29, 0.717) is 17.6 Å². The molecule has 1 heterocycles. The Morgan fingerprint density at radius 2 is 2.16 bits per heavy atom. The number of nitrogens with zero attached hydrogens (tertiary/aromatic N) is 2.